The molecule has 0 amide bonds. The molecule has 0 radical (unpaired) electrons. The van der Waals surface area contributed by atoms with Crippen molar-refractivity contribution in [3.05, 3.63) is 12.2 Å². The molecule has 0 fully saturated rings. The van der Waals surface area contributed by atoms with Crippen molar-refractivity contribution in [3.8, 4) is 0 Å². The first kappa shape index (κ1) is 8.46. The second-order valence-corrected chi connectivity index (χ2v) is 2.38. The molecule has 0 bridgehead atoms. The van der Waals surface area contributed by atoms with Gasteiger partial charge in [-0.15, -0.1) is 21.8 Å². The second-order valence-electron chi connectivity index (χ2n) is 2.12. The van der Waals surface area contributed by atoms with Gasteiger partial charge in [0.25, 0.3) is 0 Å². The Labute approximate surface area is 69.2 Å². The van der Waals surface area contributed by atoms with Gasteiger partial charge in [-0.3, -0.25) is 4.39 Å². The first-order chi connectivity index (χ1) is 5.38. The van der Waals surface area contributed by atoms with Crippen LogP contribution in [0.4, 0.5) is 4.39 Å². The van der Waals surface area contributed by atoms with Crippen molar-refractivity contribution < 1.29 is 4.39 Å². The molecule has 1 heterocycles. The molecule has 0 atom stereocenters. The van der Waals surface area contributed by atoms with Crippen LogP contribution in [0.15, 0.2) is 6.33 Å². The van der Waals surface area contributed by atoms with E-state index in [1.165, 1.54) is 0 Å². The Kier molecular flexibility index (Phi) is 3.29. The van der Waals surface area contributed by atoms with Gasteiger partial charge in [-0.25, -0.2) is 0 Å². The Balaban J connectivity index is 2.54. The molecule has 0 saturated carbocycles. The van der Waals surface area contributed by atoms with Crippen molar-refractivity contribution in [2.75, 3.05) is 6.67 Å². The molecular weight excluding hydrogens is 169 g/mol. The monoisotopic (exact) mass is 177 g/mol. The zero-order valence-corrected chi connectivity index (χ0v) is 6.76. The zero-order valence-electron chi connectivity index (χ0n) is 6.00. The molecule has 1 aromatic heterocycles. The normalized spacial score (nSPS) is 10.4. The van der Waals surface area contributed by atoms with Crippen LogP contribution in [-0.4, -0.2) is 21.4 Å². The number of aryl methyl sites for hydroxylation is 1. The molecule has 0 aliphatic rings. The molecule has 0 aliphatic heterocycles. The van der Waals surface area contributed by atoms with E-state index < -0.39 is 0 Å². The molecule has 0 unspecified atom stereocenters. The lowest BCUT2D eigenvalue weighted by Crippen LogP contribution is -2.01. The first-order valence-electron chi connectivity index (χ1n) is 3.37. The van der Waals surface area contributed by atoms with Crippen LogP contribution in [0.2, 0.25) is 0 Å². The van der Waals surface area contributed by atoms with E-state index in [4.69, 9.17) is 11.6 Å². The molecular formula is C6H9ClFN3. The highest BCUT2D eigenvalue weighted by atomic mass is 35.5. The van der Waals surface area contributed by atoms with E-state index in [0.717, 1.165) is 0 Å². The zero-order chi connectivity index (χ0) is 8.10. The third kappa shape index (κ3) is 2.15. The van der Waals surface area contributed by atoms with Gasteiger partial charge in [-0.05, 0) is 6.42 Å². The molecule has 0 spiro atoms. The third-order valence-corrected chi connectivity index (χ3v) is 1.59. The highest BCUT2D eigenvalue weighted by Crippen LogP contribution is 2.00. The van der Waals surface area contributed by atoms with E-state index in [9.17, 15) is 4.39 Å². The molecule has 1 aromatic rings. The summed E-state index contributed by atoms with van der Waals surface area (Å²) in [5.41, 5.74) is 0. The minimum Gasteiger partial charge on any atom is -0.316 e. The Morgan fingerprint density at radius 1 is 1.64 bits per heavy atom. The van der Waals surface area contributed by atoms with E-state index in [2.05, 4.69) is 10.2 Å². The minimum absolute atomic E-state index is 0.320. The van der Waals surface area contributed by atoms with Crippen LogP contribution in [0.5, 0.6) is 0 Å². The predicted octanol–water partition coefficient (Wildman–Crippen LogP) is 1.38. The van der Waals surface area contributed by atoms with Gasteiger partial charge < -0.3 is 4.57 Å². The lowest BCUT2D eigenvalue weighted by Gasteiger charge is -2.00. The molecule has 0 N–H and O–H groups in total. The quantitative estimate of drug-likeness (QED) is 0.651. The van der Waals surface area contributed by atoms with E-state index in [0.29, 0.717) is 24.7 Å². The van der Waals surface area contributed by atoms with Crippen molar-refractivity contribution >= 4 is 11.6 Å². The number of nitrogens with zero attached hydrogens (tertiary/aromatic N) is 3. The maximum atomic E-state index is 11.7. The fourth-order valence-corrected chi connectivity index (χ4v) is 1.01. The summed E-state index contributed by atoms with van der Waals surface area (Å²) in [7, 11) is 0. The van der Waals surface area contributed by atoms with Crippen LogP contribution in [0.25, 0.3) is 0 Å². The van der Waals surface area contributed by atoms with Crippen LogP contribution in [-0.2, 0) is 12.4 Å². The topological polar surface area (TPSA) is 30.7 Å². The molecule has 11 heavy (non-hydrogen) atoms. The molecule has 3 nitrogen and oxygen atoms in total. The van der Waals surface area contributed by atoms with Gasteiger partial charge in [0.1, 0.15) is 12.2 Å². The molecule has 1 rings (SSSR count). The van der Waals surface area contributed by atoms with Gasteiger partial charge in [-0.1, -0.05) is 0 Å². The lowest BCUT2D eigenvalue weighted by atomic mass is 10.4. The Bertz CT molecular complexity index is 213. The fourth-order valence-electron chi connectivity index (χ4n) is 0.799. The molecule has 5 heteroatoms. The maximum absolute atomic E-state index is 11.7. The Hall–Kier alpha value is -0.640. The largest absolute Gasteiger partial charge is 0.316 e. The van der Waals surface area contributed by atoms with Crippen LogP contribution >= 0.6 is 11.6 Å². The van der Waals surface area contributed by atoms with Crippen LogP contribution in [0.3, 0.4) is 0 Å². The summed E-state index contributed by atoms with van der Waals surface area (Å²) in [6, 6.07) is 0. The van der Waals surface area contributed by atoms with Gasteiger partial charge in [0.15, 0.2) is 0 Å². The Morgan fingerprint density at radius 2 is 2.45 bits per heavy atom. The summed E-state index contributed by atoms with van der Waals surface area (Å²) in [6.45, 7) is 0.283. The highest BCUT2D eigenvalue weighted by molar-refractivity contribution is 6.16. The van der Waals surface area contributed by atoms with Crippen molar-refractivity contribution in [2.24, 2.45) is 0 Å². The second kappa shape index (κ2) is 4.28. The lowest BCUT2D eigenvalue weighted by molar-refractivity contribution is 0.444. The van der Waals surface area contributed by atoms with Gasteiger partial charge in [-0.2, -0.15) is 0 Å². The van der Waals surface area contributed by atoms with Crippen molar-refractivity contribution in [2.45, 2.75) is 18.8 Å². The predicted molar refractivity (Wildman–Crippen MR) is 40.2 cm³/mol. The van der Waals surface area contributed by atoms with Gasteiger partial charge >= 0.3 is 0 Å². The molecule has 62 valence electrons. The van der Waals surface area contributed by atoms with E-state index in [-0.39, 0.29) is 6.67 Å². The first-order valence-corrected chi connectivity index (χ1v) is 3.90. The average molecular weight is 178 g/mol. The van der Waals surface area contributed by atoms with Gasteiger partial charge in [0, 0.05) is 6.54 Å². The number of aromatic nitrogens is 3. The van der Waals surface area contributed by atoms with Crippen LogP contribution < -0.4 is 0 Å². The van der Waals surface area contributed by atoms with Crippen LogP contribution in [0.1, 0.15) is 12.2 Å². The highest BCUT2D eigenvalue weighted by Gasteiger charge is 2.00. The SMILES string of the molecule is FCCCn1cnnc1CCl. The van der Waals surface area contributed by atoms with Crippen molar-refractivity contribution in [3.63, 3.8) is 0 Å². The molecule has 0 saturated heterocycles. The van der Waals surface area contributed by atoms with E-state index in [1.54, 1.807) is 10.9 Å². The summed E-state index contributed by atoms with van der Waals surface area (Å²) >= 11 is 5.54. The summed E-state index contributed by atoms with van der Waals surface area (Å²) in [5.74, 6) is 1.02. The number of rotatable bonds is 4. The van der Waals surface area contributed by atoms with Crippen molar-refractivity contribution in [1.82, 2.24) is 14.8 Å². The molecule has 0 aliphatic carbocycles. The van der Waals surface area contributed by atoms with Gasteiger partial charge in [0.05, 0.1) is 12.6 Å². The summed E-state index contributed by atoms with van der Waals surface area (Å²) < 4.78 is 13.5. The third-order valence-electron chi connectivity index (χ3n) is 1.35. The minimum atomic E-state index is -0.320. The number of hydrogen-bond donors (Lipinski definition) is 0. The fraction of sp³-hybridized carbons (Fsp3) is 0.667. The Morgan fingerprint density at radius 3 is 3.09 bits per heavy atom. The van der Waals surface area contributed by atoms with E-state index in [1.807, 2.05) is 0 Å². The van der Waals surface area contributed by atoms with E-state index >= 15 is 0 Å². The summed E-state index contributed by atoms with van der Waals surface area (Å²) in [6.07, 6.45) is 2.05. The molecule has 0 aromatic carbocycles. The average Bonchev–Trinajstić information content (AvgIpc) is 2.47. The maximum Gasteiger partial charge on any atom is 0.147 e. The van der Waals surface area contributed by atoms with Crippen LogP contribution in [0, 0.1) is 0 Å². The van der Waals surface area contributed by atoms with Crippen molar-refractivity contribution in [1.29, 1.82) is 0 Å². The summed E-state index contributed by atoms with van der Waals surface area (Å²) in [4.78, 5) is 0. The van der Waals surface area contributed by atoms with Gasteiger partial charge in [0.2, 0.25) is 0 Å². The number of halogens is 2. The number of hydrogen-bond acceptors (Lipinski definition) is 2. The summed E-state index contributed by atoms with van der Waals surface area (Å²) in [5, 5.41) is 7.40. The standard InChI is InChI=1S/C6H9ClFN3/c7-4-6-10-9-5-11(6)3-1-2-8/h5H,1-4H2. The number of alkyl halides is 2. The smallest absolute Gasteiger partial charge is 0.147 e.